The van der Waals surface area contributed by atoms with E-state index in [1.807, 2.05) is 97.1 Å². The maximum atomic E-state index is 14.2. The Bertz CT molecular complexity index is 1530. The monoisotopic (exact) mass is 588 g/mol. The summed E-state index contributed by atoms with van der Waals surface area (Å²) >= 11 is 0. The Morgan fingerprint density at radius 1 is 0.886 bits per heavy atom. The average Bonchev–Trinajstić information content (AvgIpc) is 3.47. The molecule has 0 saturated heterocycles. The molecule has 0 aromatic heterocycles. The van der Waals surface area contributed by atoms with Crippen molar-refractivity contribution >= 4 is 17.9 Å². The van der Waals surface area contributed by atoms with Crippen molar-refractivity contribution in [1.29, 1.82) is 0 Å². The minimum Gasteiger partial charge on any atom is -0.494 e. The smallest absolute Gasteiger partial charge is 0.252 e. The highest BCUT2D eigenvalue weighted by molar-refractivity contribution is 6.01. The van der Waals surface area contributed by atoms with E-state index in [2.05, 4.69) is 36.5 Å². The van der Waals surface area contributed by atoms with Gasteiger partial charge in [0, 0.05) is 31.6 Å². The van der Waals surface area contributed by atoms with E-state index in [-0.39, 0.29) is 12.5 Å². The van der Waals surface area contributed by atoms with Gasteiger partial charge in [0.2, 0.25) is 5.90 Å². The largest absolute Gasteiger partial charge is 0.494 e. The fourth-order valence-corrected chi connectivity index (χ4v) is 5.27. The van der Waals surface area contributed by atoms with E-state index < -0.39 is 11.6 Å². The normalized spacial score (nSPS) is 17.7. The van der Waals surface area contributed by atoms with E-state index >= 15 is 0 Å². The summed E-state index contributed by atoms with van der Waals surface area (Å²) in [5.41, 5.74) is 3.70. The first kappa shape index (κ1) is 30.8. The lowest BCUT2D eigenvalue weighted by Gasteiger charge is -2.30. The van der Waals surface area contributed by atoms with Crippen molar-refractivity contribution < 1.29 is 19.4 Å². The topological polar surface area (TPSA) is 80.2 Å². The molecule has 0 fully saturated rings. The summed E-state index contributed by atoms with van der Waals surface area (Å²) in [7, 11) is 0. The number of benzene rings is 4. The lowest BCUT2D eigenvalue weighted by molar-refractivity contribution is -0.128. The van der Waals surface area contributed by atoms with Gasteiger partial charge in [0.05, 0.1) is 6.61 Å². The van der Waals surface area contributed by atoms with Crippen molar-refractivity contribution in [2.45, 2.75) is 44.2 Å². The number of nitrogens with one attached hydrogen (secondary N) is 1. The fourth-order valence-electron chi connectivity index (χ4n) is 5.27. The van der Waals surface area contributed by atoms with Crippen molar-refractivity contribution in [3.8, 4) is 16.9 Å². The molecule has 0 bridgehead atoms. The van der Waals surface area contributed by atoms with Gasteiger partial charge in [-0.15, -0.1) is 0 Å². The van der Waals surface area contributed by atoms with Crippen LogP contribution in [0.3, 0.4) is 0 Å². The van der Waals surface area contributed by atoms with E-state index in [0.717, 1.165) is 40.7 Å². The number of ether oxygens (including phenoxy) is 2. The number of aliphatic hydroxyl groups excluding tert-OH is 1. The summed E-state index contributed by atoms with van der Waals surface area (Å²) in [6.45, 7) is 3.19. The first-order valence-electron chi connectivity index (χ1n) is 15.4. The lowest BCUT2D eigenvalue weighted by Crippen LogP contribution is -2.48. The number of nitrogens with zero attached hydrogens (tertiary/aromatic N) is 1. The Balaban J connectivity index is 1.52. The van der Waals surface area contributed by atoms with Gasteiger partial charge < -0.3 is 19.9 Å². The molecule has 0 unspecified atom stereocenters. The zero-order valence-corrected chi connectivity index (χ0v) is 25.2. The molecule has 2 atom stereocenters. The molecule has 0 saturated carbocycles. The van der Waals surface area contributed by atoms with Gasteiger partial charge in [-0.1, -0.05) is 110 Å². The first-order valence-corrected chi connectivity index (χ1v) is 15.4. The molecule has 226 valence electrons. The second kappa shape index (κ2) is 15.2. The van der Waals surface area contributed by atoms with Crippen LogP contribution in [0.4, 0.5) is 0 Å². The van der Waals surface area contributed by atoms with E-state index in [0.29, 0.717) is 37.6 Å². The van der Waals surface area contributed by atoms with Gasteiger partial charge in [0.25, 0.3) is 5.91 Å². The number of aliphatic imine (C=N–C) groups is 1. The molecule has 6 heteroatoms. The van der Waals surface area contributed by atoms with Gasteiger partial charge >= 0.3 is 0 Å². The SMILES string of the molecule is CCCCNC(=O)[C@]1(C/C=C/c2ccccc2)N=C(c2ccc(OCCCO)cc2)O[C@@H]1c1ccc(-c2ccccc2)cc1. The summed E-state index contributed by atoms with van der Waals surface area (Å²) in [5, 5.41) is 12.2. The maximum absolute atomic E-state index is 14.2. The summed E-state index contributed by atoms with van der Waals surface area (Å²) in [6.07, 6.45) is 6.20. The molecule has 6 nitrogen and oxygen atoms in total. The zero-order chi connectivity index (χ0) is 30.6. The molecule has 1 heterocycles. The second-order valence-corrected chi connectivity index (χ2v) is 10.9. The molecule has 0 aliphatic carbocycles. The standard InChI is InChI=1S/C38H40N2O4/c1-2-3-26-39-37(42)38(25-10-14-29-12-6-4-7-13-29)35(32-19-17-31(18-20-32)30-15-8-5-9-16-30)44-36(40-38)33-21-23-34(24-22-33)43-28-11-27-41/h4-10,12-24,35,41H,2-3,11,25-28H2,1H3,(H,39,42)/b14-10+/t35-,38-/m1/s1. The van der Waals surface area contributed by atoms with Crippen molar-refractivity contribution in [3.05, 3.63) is 132 Å². The Kier molecular flexibility index (Phi) is 10.6. The van der Waals surface area contributed by atoms with Gasteiger partial charge in [-0.3, -0.25) is 4.79 Å². The van der Waals surface area contributed by atoms with Crippen molar-refractivity contribution in [1.82, 2.24) is 5.32 Å². The predicted molar refractivity (Wildman–Crippen MR) is 177 cm³/mol. The summed E-state index contributed by atoms with van der Waals surface area (Å²) in [5.74, 6) is 0.964. The highest BCUT2D eigenvalue weighted by Crippen LogP contribution is 2.43. The number of hydrogen-bond acceptors (Lipinski definition) is 5. The van der Waals surface area contributed by atoms with Gasteiger partial charge in [0.1, 0.15) is 5.75 Å². The number of aliphatic hydroxyl groups is 1. The fraction of sp³-hybridized carbons (Fsp3) is 0.263. The number of amides is 1. The van der Waals surface area contributed by atoms with Gasteiger partial charge in [-0.05, 0) is 52.9 Å². The van der Waals surface area contributed by atoms with E-state index in [1.54, 1.807) is 0 Å². The predicted octanol–water partition coefficient (Wildman–Crippen LogP) is 7.39. The van der Waals surface area contributed by atoms with Gasteiger partial charge in [-0.2, -0.15) is 0 Å². The quantitative estimate of drug-likeness (QED) is 0.151. The van der Waals surface area contributed by atoms with Crippen LogP contribution < -0.4 is 10.1 Å². The van der Waals surface area contributed by atoms with E-state index in [4.69, 9.17) is 19.6 Å². The van der Waals surface area contributed by atoms with Crippen LogP contribution in [0, 0.1) is 0 Å². The van der Waals surface area contributed by atoms with Crippen LogP contribution in [0.1, 0.15) is 55.4 Å². The molecule has 1 aliphatic rings. The number of rotatable bonds is 14. The third kappa shape index (κ3) is 7.44. The molecule has 2 N–H and O–H groups in total. The first-order chi connectivity index (χ1) is 21.6. The third-order valence-electron chi connectivity index (χ3n) is 7.71. The third-order valence-corrected chi connectivity index (χ3v) is 7.71. The molecule has 4 aromatic rings. The molecule has 0 spiro atoms. The molecule has 0 radical (unpaired) electrons. The molecule has 4 aromatic carbocycles. The Morgan fingerprint density at radius 3 is 2.23 bits per heavy atom. The number of carbonyl (C=O) groups is 1. The van der Waals surface area contributed by atoms with Crippen LogP contribution in [0.25, 0.3) is 17.2 Å². The number of hydrogen-bond donors (Lipinski definition) is 2. The minimum absolute atomic E-state index is 0.0809. The minimum atomic E-state index is -1.21. The van der Waals surface area contributed by atoms with E-state index in [9.17, 15) is 4.79 Å². The molecule has 1 aliphatic heterocycles. The Labute approximate surface area is 260 Å². The second-order valence-electron chi connectivity index (χ2n) is 10.9. The number of carbonyl (C=O) groups excluding carboxylic acids is 1. The van der Waals surface area contributed by atoms with Crippen LogP contribution in [0.5, 0.6) is 5.75 Å². The van der Waals surface area contributed by atoms with Crippen LogP contribution in [-0.4, -0.2) is 42.2 Å². The molecular formula is C38H40N2O4. The highest BCUT2D eigenvalue weighted by Gasteiger charge is 2.52. The van der Waals surface area contributed by atoms with Gasteiger partial charge in [-0.25, -0.2) is 4.99 Å². The lowest BCUT2D eigenvalue weighted by atomic mass is 9.83. The van der Waals surface area contributed by atoms with Crippen LogP contribution in [0.2, 0.25) is 0 Å². The Morgan fingerprint density at radius 2 is 1.55 bits per heavy atom. The summed E-state index contributed by atoms with van der Waals surface area (Å²) in [4.78, 5) is 19.3. The summed E-state index contributed by atoms with van der Waals surface area (Å²) in [6, 6.07) is 36.0. The molecule has 44 heavy (non-hydrogen) atoms. The summed E-state index contributed by atoms with van der Waals surface area (Å²) < 4.78 is 12.4. The van der Waals surface area contributed by atoms with Crippen LogP contribution in [0.15, 0.2) is 120 Å². The van der Waals surface area contributed by atoms with Crippen molar-refractivity contribution in [2.24, 2.45) is 4.99 Å². The molecular weight excluding hydrogens is 548 g/mol. The van der Waals surface area contributed by atoms with Crippen molar-refractivity contribution in [2.75, 3.05) is 19.8 Å². The van der Waals surface area contributed by atoms with Crippen LogP contribution >= 0.6 is 0 Å². The molecule has 1 amide bonds. The highest BCUT2D eigenvalue weighted by atomic mass is 16.5. The van der Waals surface area contributed by atoms with Gasteiger partial charge in [0.15, 0.2) is 11.6 Å². The van der Waals surface area contributed by atoms with E-state index in [1.165, 1.54) is 0 Å². The maximum Gasteiger partial charge on any atom is 0.252 e. The van der Waals surface area contributed by atoms with Crippen molar-refractivity contribution in [3.63, 3.8) is 0 Å². The zero-order valence-electron chi connectivity index (χ0n) is 25.2. The average molecular weight is 589 g/mol. The van der Waals surface area contributed by atoms with Crippen LogP contribution in [-0.2, 0) is 9.53 Å². The Hall–Kier alpha value is -4.68. The molecule has 5 rings (SSSR count). The number of unbranched alkanes of at least 4 members (excludes halogenated alkanes) is 1.